The fourth-order valence-corrected chi connectivity index (χ4v) is 3.77. The number of halogens is 4. The molecule has 11 heteroatoms. The van der Waals surface area contributed by atoms with Gasteiger partial charge in [0.25, 0.3) is 5.91 Å². The van der Waals surface area contributed by atoms with Gasteiger partial charge in [-0.3, -0.25) is 4.79 Å². The number of primary amides is 1. The number of aromatic nitrogens is 4. The van der Waals surface area contributed by atoms with Crippen LogP contribution in [-0.2, 0) is 12.1 Å². The van der Waals surface area contributed by atoms with Gasteiger partial charge in [-0.2, -0.15) is 13.2 Å². The predicted octanol–water partition coefficient (Wildman–Crippen LogP) is 4.45. The first-order valence-electron chi connectivity index (χ1n) is 10.2. The molecule has 2 aromatic heterocycles. The Bertz CT molecular complexity index is 1370. The van der Waals surface area contributed by atoms with E-state index >= 15 is 0 Å². The molecular weight excluding hydrogens is 471 g/mol. The van der Waals surface area contributed by atoms with Crippen molar-refractivity contribution in [3.8, 4) is 11.1 Å². The van der Waals surface area contributed by atoms with E-state index in [4.69, 9.17) is 17.3 Å². The molecular formula is C23H19ClF3N5O2. The number of carbonyl (C=O) groups excluding carboxylic acids is 1. The molecule has 4 aromatic rings. The second-order valence-electron chi connectivity index (χ2n) is 7.79. The van der Waals surface area contributed by atoms with Crippen LogP contribution in [0.3, 0.4) is 0 Å². The Morgan fingerprint density at radius 2 is 1.85 bits per heavy atom. The average molecular weight is 490 g/mol. The molecule has 0 radical (unpaired) electrons. The number of nitrogens with two attached hydrogens (primary N) is 1. The van der Waals surface area contributed by atoms with E-state index in [9.17, 15) is 23.1 Å². The van der Waals surface area contributed by atoms with Crippen molar-refractivity contribution in [3.63, 3.8) is 0 Å². The molecule has 0 unspecified atom stereocenters. The zero-order valence-electron chi connectivity index (χ0n) is 17.8. The van der Waals surface area contributed by atoms with Crippen molar-refractivity contribution < 1.29 is 23.1 Å². The van der Waals surface area contributed by atoms with Crippen molar-refractivity contribution in [2.75, 3.05) is 0 Å². The molecule has 0 saturated heterocycles. The summed E-state index contributed by atoms with van der Waals surface area (Å²) in [5, 5.41) is 18.7. The van der Waals surface area contributed by atoms with E-state index in [0.717, 1.165) is 22.7 Å². The lowest BCUT2D eigenvalue weighted by Gasteiger charge is -2.26. The zero-order valence-corrected chi connectivity index (χ0v) is 18.6. The highest BCUT2D eigenvalue weighted by Crippen LogP contribution is 2.40. The summed E-state index contributed by atoms with van der Waals surface area (Å²) in [6.45, 7) is 1.29. The minimum atomic E-state index is -4.89. The third-order valence-electron chi connectivity index (χ3n) is 5.57. The molecule has 1 atom stereocenters. The molecule has 1 amide bonds. The van der Waals surface area contributed by atoms with Crippen molar-refractivity contribution in [1.82, 2.24) is 20.0 Å². The Morgan fingerprint density at radius 3 is 2.47 bits per heavy atom. The highest BCUT2D eigenvalue weighted by Gasteiger charge is 2.55. The van der Waals surface area contributed by atoms with E-state index in [-0.39, 0.29) is 12.2 Å². The molecule has 176 valence electrons. The zero-order chi connectivity index (χ0) is 24.7. The van der Waals surface area contributed by atoms with Gasteiger partial charge < -0.3 is 10.8 Å². The van der Waals surface area contributed by atoms with Crippen molar-refractivity contribution in [2.45, 2.75) is 31.7 Å². The van der Waals surface area contributed by atoms with Crippen LogP contribution in [0.25, 0.3) is 22.0 Å². The summed E-state index contributed by atoms with van der Waals surface area (Å²) in [5.41, 5.74) is 4.52. The summed E-state index contributed by atoms with van der Waals surface area (Å²) in [4.78, 5) is 16.2. The van der Waals surface area contributed by atoms with E-state index in [1.165, 1.54) is 11.6 Å². The van der Waals surface area contributed by atoms with Crippen LogP contribution in [0.4, 0.5) is 13.2 Å². The van der Waals surface area contributed by atoms with Crippen LogP contribution in [0.15, 0.2) is 54.7 Å². The molecule has 2 aromatic carbocycles. The number of nitrogens with zero attached hydrogens (tertiary/aromatic N) is 4. The number of carbonyl (C=O) groups is 1. The van der Waals surface area contributed by atoms with Crippen molar-refractivity contribution in [3.05, 3.63) is 76.7 Å². The van der Waals surface area contributed by atoms with Crippen LogP contribution in [0.1, 0.15) is 35.1 Å². The minimum absolute atomic E-state index is 0.0656. The average Bonchev–Trinajstić information content (AvgIpc) is 3.26. The van der Waals surface area contributed by atoms with Crippen LogP contribution in [0.5, 0.6) is 0 Å². The van der Waals surface area contributed by atoms with Crippen molar-refractivity contribution in [2.24, 2.45) is 5.73 Å². The van der Waals surface area contributed by atoms with Crippen molar-refractivity contribution in [1.29, 1.82) is 0 Å². The smallest absolute Gasteiger partial charge is 0.375 e. The number of fused-ring (bicyclic) bond motifs is 1. The highest BCUT2D eigenvalue weighted by molar-refractivity contribution is 6.30. The van der Waals surface area contributed by atoms with Crippen LogP contribution >= 0.6 is 11.6 Å². The molecule has 0 aliphatic rings. The number of aliphatic hydroxyl groups is 1. The van der Waals surface area contributed by atoms with E-state index < -0.39 is 29.8 Å². The van der Waals surface area contributed by atoms with Crippen LogP contribution in [0.2, 0.25) is 5.02 Å². The lowest BCUT2D eigenvalue weighted by molar-refractivity contribution is -0.269. The number of hydrogen-bond acceptors (Lipinski definition) is 5. The van der Waals surface area contributed by atoms with E-state index in [2.05, 4.69) is 15.3 Å². The predicted molar refractivity (Wildman–Crippen MR) is 120 cm³/mol. The number of amides is 1. The fourth-order valence-electron chi connectivity index (χ4n) is 3.65. The SMILES string of the molecule is CC[C@](O)(c1cn(Cc2ccc3c(-c4ccc(Cl)cc4)cc(C(N)=O)nc3c2)nn1)C(F)(F)F. The molecule has 34 heavy (non-hydrogen) atoms. The second-order valence-corrected chi connectivity index (χ2v) is 8.23. The molecule has 0 aliphatic carbocycles. The Balaban J connectivity index is 1.73. The lowest BCUT2D eigenvalue weighted by Crippen LogP contribution is -2.42. The quantitative estimate of drug-likeness (QED) is 0.416. The maximum atomic E-state index is 13.3. The van der Waals surface area contributed by atoms with Gasteiger partial charge in [-0.15, -0.1) is 5.10 Å². The molecule has 4 rings (SSSR count). The molecule has 0 aliphatic heterocycles. The van der Waals surface area contributed by atoms with Gasteiger partial charge in [0.15, 0.2) is 0 Å². The van der Waals surface area contributed by atoms with E-state index in [1.54, 1.807) is 36.4 Å². The maximum Gasteiger partial charge on any atom is 0.423 e. The summed E-state index contributed by atoms with van der Waals surface area (Å²) in [6, 6.07) is 13.9. The Hall–Kier alpha value is -3.50. The van der Waals surface area contributed by atoms with E-state index in [0.29, 0.717) is 16.1 Å². The molecule has 3 N–H and O–H groups in total. The first kappa shape index (κ1) is 23.7. The minimum Gasteiger partial charge on any atom is -0.375 e. The molecule has 7 nitrogen and oxygen atoms in total. The van der Waals surface area contributed by atoms with Gasteiger partial charge in [0, 0.05) is 10.4 Å². The van der Waals surface area contributed by atoms with Crippen molar-refractivity contribution >= 4 is 28.4 Å². The molecule has 0 spiro atoms. The highest BCUT2D eigenvalue weighted by atomic mass is 35.5. The topological polar surface area (TPSA) is 107 Å². The fraction of sp³-hybridized carbons (Fsp3) is 0.217. The van der Waals surface area contributed by atoms with Gasteiger partial charge in [0.05, 0.1) is 18.3 Å². The van der Waals surface area contributed by atoms with E-state index in [1.807, 2.05) is 12.1 Å². The summed E-state index contributed by atoms with van der Waals surface area (Å²) in [6.07, 6.45) is -4.43. The number of rotatable bonds is 6. The molecule has 0 bridgehead atoms. The Labute approximate surface area is 197 Å². The first-order chi connectivity index (χ1) is 16.0. The molecule has 0 fully saturated rings. The first-order valence-corrected chi connectivity index (χ1v) is 10.6. The van der Waals surface area contributed by atoms with Gasteiger partial charge in [-0.25, -0.2) is 9.67 Å². The number of benzene rings is 2. The van der Waals surface area contributed by atoms with Crippen LogP contribution in [-0.4, -0.2) is 37.2 Å². The number of alkyl halides is 3. The summed E-state index contributed by atoms with van der Waals surface area (Å²) in [7, 11) is 0. The largest absolute Gasteiger partial charge is 0.423 e. The molecule has 2 heterocycles. The van der Waals surface area contributed by atoms with Gasteiger partial charge in [0.1, 0.15) is 11.4 Å². The summed E-state index contributed by atoms with van der Waals surface area (Å²) >= 11 is 5.98. The molecule has 0 saturated carbocycles. The monoisotopic (exact) mass is 489 g/mol. The van der Waals surface area contributed by atoms with Gasteiger partial charge in [0.2, 0.25) is 5.60 Å². The summed E-state index contributed by atoms with van der Waals surface area (Å²) < 4.78 is 41.2. The summed E-state index contributed by atoms with van der Waals surface area (Å²) in [5.74, 6) is -0.700. The number of pyridine rings is 1. The van der Waals surface area contributed by atoms with Gasteiger partial charge in [-0.05, 0) is 47.4 Å². The van der Waals surface area contributed by atoms with Gasteiger partial charge >= 0.3 is 6.18 Å². The normalized spacial score (nSPS) is 13.7. The second kappa shape index (κ2) is 8.69. The third kappa shape index (κ3) is 4.34. The maximum absolute atomic E-state index is 13.3. The third-order valence-corrected chi connectivity index (χ3v) is 5.82. The Morgan fingerprint density at radius 1 is 1.15 bits per heavy atom. The van der Waals surface area contributed by atoms with Crippen LogP contribution in [0, 0.1) is 0 Å². The lowest BCUT2D eigenvalue weighted by atomic mass is 9.96. The Kier molecular flexibility index (Phi) is 6.05. The standard InChI is InChI=1S/C23H19ClF3N5O2/c1-2-22(34,23(25,26)27)20-12-32(31-30-20)11-13-3-8-16-17(14-4-6-15(24)7-5-14)10-19(21(28)33)29-18(16)9-13/h3-10,12,34H,2,11H2,1H3,(H2,28,33)/t22-/m0/s1. The number of hydrogen-bond donors (Lipinski definition) is 2. The van der Waals surface area contributed by atoms with Gasteiger partial charge in [-0.1, -0.05) is 48.0 Å². The van der Waals surface area contributed by atoms with Crippen LogP contribution < -0.4 is 5.73 Å².